The molecule has 0 bridgehead atoms. The number of rotatable bonds is 6. The van der Waals surface area contributed by atoms with Gasteiger partial charge in [-0.1, -0.05) is 24.3 Å². The summed E-state index contributed by atoms with van der Waals surface area (Å²) in [7, 11) is 3.35. The van der Waals surface area contributed by atoms with Gasteiger partial charge in [-0.15, -0.1) is 0 Å². The summed E-state index contributed by atoms with van der Waals surface area (Å²) >= 11 is 0. The molecule has 0 N–H and O–H groups in total. The second-order valence-corrected chi connectivity index (χ2v) is 9.48. The van der Waals surface area contributed by atoms with Crippen LogP contribution < -0.4 is 19.3 Å². The van der Waals surface area contributed by atoms with E-state index in [1.54, 1.807) is 38.5 Å². The Kier molecular flexibility index (Phi) is 7.67. The van der Waals surface area contributed by atoms with E-state index in [1.807, 2.05) is 58.3 Å². The Balaban J connectivity index is 1.15. The topological polar surface area (TPSA) is 65.6 Å². The summed E-state index contributed by atoms with van der Waals surface area (Å²) in [6.45, 7) is 5.49. The first kappa shape index (κ1) is 25.4. The number of methoxy groups -OCH3 is 2. The number of para-hydroxylation sites is 4. The Morgan fingerprint density at radius 2 is 0.868 bits per heavy atom. The molecule has 0 unspecified atom stereocenters. The van der Waals surface area contributed by atoms with Crippen LogP contribution in [0.2, 0.25) is 0 Å². The van der Waals surface area contributed by atoms with Crippen LogP contribution >= 0.6 is 0 Å². The maximum atomic E-state index is 13.1. The van der Waals surface area contributed by atoms with Crippen LogP contribution in [0, 0.1) is 0 Å². The molecular weight excluding hydrogens is 480 g/mol. The van der Waals surface area contributed by atoms with Gasteiger partial charge in [0.05, 0.1) is 25.6 Å². The summed E-state index contributed by atoms with van der Waals surface area (Å²) in [5, 5.41) is 0. The number of nitrogens with zero attached hydrogens (tertiary/aromatic N) is 4. The largest absolute Gasteiger partial charge is 0.495 e. The molecule has 0 radical (unpaired) electrons. The lowest BCUT2D eigenvalue weighted by Gasteiger charge is -2.37. The molecule has 38 heavy (non-hydrogen) atoms. The third kappa shape index (κ3) is 5.25. The zero-order chi connectivity index (χ0) is 26.5. The number of hydrogen-bond donors (Lipinski definition) is 0. The number of carbonyl (C=O) groups is 2. The highest BCUT2D eigenvalue weighted by atomic mass is 16.5. The monoisotopic (exact) mass is 514 g/mol. The van der Waals surface area contributed by atoms with Crippen LogP contribution in [-0.4, -0.2) is 88.2 Å². The summed E-state index contributed by atoms with van der Waals surface area (Å²) < 4.78 is 11.0. The predicted octanol–water partition coefficient (Wildman–Crippen LogP) is 3.63. The Morgan fingerprint density at radius 3 is 1.21 bits per heavy atom. The number of ether oxygens (including phenoxy) is 2. The van der Waals surface area contributed by atoms with Crippen LogP contribution in [0.3, 0.4) is 0 Å². The molecule has 0 aliphatic carbocycles. The summed E-state index contributed by atoms with van der Waals surface area (Å²) in [5.74, 6) is 1.67. The molecule has 198 valence electrons. The molecule has 2 aliphatic rings. The lowest BCUT2D eigenvalue weighted by atomic mass is 10.1. The van der Waals surface area contributed by atoms with Crippen molar-refractivity contribution in [3.05, 3.63) is 83.9 Å². The zero-order valence-corrected chi connectivity index (χ0v) is 22.0. The minimum Gasteiger partial charge on any atom is -0.495 e. The lowest BCUT2D eigenvalue weighted by molar-refractivity contribution is 0.0734. The van der Waals surface area contributed by atoms with Gasteiger partial charge >= 0.3 is 0 Å². The highest BCUT2D eigenvalue weighted by Crippen LogP contribution is 2.29. The van der Waals surface area contributed by atoms with Crippen molar-refractivity contribution in [1.82, 2.24) is 9.80 Å². The van der Waals surface area contributed by atoms with Crippen molar-refractivity contribution in [2.45, 2.75) is 0 Å². The van der Waals surface area contributed by atoms with Gasteiger partial charge in [-0.3, -0.25) is 9.59 Å². The van der Waals surface area contributed by atoms with Gasteiger partial charge in [0.15, 0.2) is 0 Å². The molecule has 2 saturated heterocycles. The number of benzene rings is 3. The Hall–Kier alpha value is -4.20. The molecule has 8 heteroatoms. The van der Waals surface area contributed by atoms with Crippen LogP contribution in [0.25, 0.3) is 0 Å². The third-order valence-electron chi connectivity index (χ3n) is 7.36. The molecule has 0 spiro atoms. The smallest absolute Gasteiger partial charge is 0.253 e. The van der Waals surface area contributed by atoms with E-state index in [9.17, 15) is 9.59 Å². The maximum absolute atomic E-state index is 13.1. The Labute approximate surface area is 224 Å². The van der Waals surface area contributed by atoms with Crippen LogP contribution in [-0.2, 0) is 0 Å². The summed E-state index contributed by atoms with van der Waals surface area (Å²) in [6.07, 6.45) is 0. The highest BCUT2D eigenvalue weighted by Gasteiger charge is 2.26. The number of piperazine rings is 2. The van der Waals surface area contributed by atoms with E-state index >= 15 is 0 Å². The van der Waals surface area contributed by atoms with E-state index in [2.05, 4.69) is 9.80 Å². The molecule has 0 atom stereocenters. The van der Waals surface area contributed by atoms with Crippen LogP contribution in [0.5, 0.6) is 11.5 Å². The Bertz CT molecular complexity index is 1160. The maximum Gasteiger partial charge on any atom is 0.253 e. The second kappa shape index (κ2) is 11.5. The summed E-state index contributed by atoms with van der Waals surface area (Å²) in [4.78, 5) is 34.5. The van der Waals surface area contributed by atoms with E-state index in [4.69, 9.17) is 9.47 Å². The van der Waals surface area contributed by atoms with E-state index < -0.39 is 0 Å². The molecule has 5 rings (SSSR count). The van der Waals surface area contributed by atoms with E-state index in [1.165, 1.54) is 0 Å². The van der Waals surface area contributed by atoms with Crippen LogP contribution in [0.1, 0.15) is 20.7 Å². The average Bonchev–Trinajstić information content (AvgIpc) is 3.00. The van der Waals surface area contributed by atoms with E-state index in [0.29, 0.717) is 37.3 Å². The minimum atomic E-state index is -0.00546. The van der Waals surface area contributed by atoms with Gasteiger partial charge in [-0.2, -0.15) is 0 Å². The van der Waals surface area contributed by atoms with Gasteiger partial charge in [0.25, 0.3) is 11.8 Å². The SMILES string of the molecule is COc1ccccc1N1CCN(C(=O)c2ccc(C(=O)N3CCN(c4ccccc4OC)CC3)cc2)CC1. The fourth-order valence-electron chi connectivity index (χ4n) is 5.20. The first-order valence-corrected chi connectivity index (χ1v) is 13.0. The van der Waals surface area contributed by atoms with Gasteiger partial charge in [0.2, 0.25) is 0 Å². The molecule has 2 heterocycles. The van der Waals surface area contributed by atoms with Gasteiger partial charge in [0, 0.05) is 63.5 Å². The molecule has 0 aromatic heterocycles. The van der Waals surface area contributed by atoms with Crippen molar-refractivity contribution in [1.29, 1.82) is 0 Å². The van der Waals surface area contributed by atoms with Crippen molar-refractivity contribution in [2.75, 3.05) is 76.4 Å². The van der Waals surface area contributed by atoms with Gasteiger partial charge in [-0.25, -0.2) is 0 Å². The second-order valence-electron chi connectivity index (χ2n) is 9.48. The van der Waals surface area contributed by atoms with Crippen molar-refractivity contribution in [2.24, 2.45) is 0 Å². The van der Waals surface area contributed by atoms with Crippen molar-refractivity contribution in [3.63, 3.8) is 0 Å². The molecular formula is C30H34N4O4. The first-order valence-electron chi connectivity index (χ1n) is 13.0. The number of carbonyl (C=O) groups excluding carboxylic acids is 2. The number of hydrogen-bond acceptors (Lipinski definition) is 6. The molecule has 2 fully saturated rings. The lowest BCUT2D eigenvalue weighted by Crippen LogP contribution is -2.49. The normalized spacial score (nSPS) is 15.8. The predicted molar refractivity (Wildman–Crippen MR) is 149 cm³/mol. The quantitative estimate of drug-likeness (QED) is 0.501. The van der Waals surface area contributed by atoms with Crippen LogP contribution in [0.15, 0.2) is 72.8 Å². The molecule has 3 aromatic rings. The summed E-state index contributed by atoms with van der Waals surface area (Å²) in [6, 6.07) is 23.0. The summed E-state index contributed by atoms with van der Waals surface area (Å²) in [5.41, 5.74) is 3.31. The molecule has 8 nitrogen and oxygen atoms in total. The minimum absolute atomic E-state index is 0.00546. The number of amides is 2. The van der Waals surface area contributed by atoms with E-state index in [-0.39, 0.29) is 11.8 Å². The van der Waals surface area contributed by atoms with Crippen molar-refractivity contribution in [3.8, 4) is 11.5 Å². The fourth-order valence-corrected chi connectivity index (χ4v) is 5.20. The highest BCUT2D eigenvalue weighted by molar-refractivity contribution is 5.98. The Morgan fingerprint density at radius 1 is 0.526 bits per heavy atom. The van der Waals surface area contributed by atoms with Gasteiger partial charge in [0.1, 0.15) is 11.5 Å². The fraction of sp³-hybridized carbons (Fsp3) is 0.333. The third-order valence-corrected chi connectivity index (χ3v) is 7.36. The molecule has 0 saturated carbocycles. The van der Waals surface area contributed by atoms with E-state index in [0.717, 1.165) is 49.1 Å². The number of anilines is 2. The van der Waals surface area contributed by atoms with Crippen molar-refractivity contribution >= 4 is 23.2 Å². The molecule has 3 aromatic carbocycles. The van der Waals surface area contributed by atoms with Crippen molar-refractivity contribution < 1.29 is 19.1 Å². The zero-order valence-electron chi connectivity index (χ0n) is 22.0. The average molecular weight is 515 g/mol. The van der Waals surface area contributed by atoms with Gasteiger partial charge in [-0.05, 0) is 48.5 Å². The standard InChI is InChI=1S/C30H34N4O4/c1-37-27-9-5-3-7-25(27)31-15-19-33(20-16-31)29(35)23-11-13-24(14-12-23)30(36)34-21-17-32(18-22-34)26-8-4-6-10-28(26)38-2/h3-14H,15-22H2,1-2H3. The molecule has 2 aliphatic heterocycles. The first-order chi connectivity index (χ1) is 18.6. The van der Waals surface area contributed by atoms with Gasteiger partial charge < -0.3 is 29.1 Å². The van der Waals surface area contributed by atoms with Crippen LogP contribution in [0.4, 0.5) is 11.4 Å². The molecule has 2 amide bonds.